The van der Waals surface area contributed by atoms with Crippen LogP contribution in [0.4, 0.5) is 0 Å². The summed E-state index contributed by atoms with van der Waals surface area (Å²) in [6, 6.07) is 9.74. The maximum atomic E-state index is 6.45. The van der Waals surface area contributed by atoms with Gasteiger partial charge < -0.3 is 4.74 Å². The van der Waals surface area contributed by atoms with Crippen LogP contribution in [-0.4, -0.2) is 6.61 Å². The number of halogens is 2. The summed E-state index contributed by atoms with van der Waals surface area (Å²) in [5, 5.41) is 2.45. The predicted octanol–water partition coefficient (Wildman–Crippen LogP) is 5.52. The highest BCUT2D eigenvalue weighted by Gasteiger charge is 2.16. The molecule has 4 heteroatoms. The summed E-state index contributed by atoms with van der Waals surface area (Å²) in [6.45, 7) is 2.80. The molecule has 1 unspecified atom stereocenters. The molecule has 0 saturated carbocycles. The van der Waals surface area contributed by atoms with E-state index in [0.29, 0.717) is 0 Å². The monoisotopic (exact) mass is 300 g/mol. The van der Waals surface area contributed by atoms with E-state index in [4.69, 9.17) is 27.9 Å². The van der Waals surface area contributed by atoms with Crippen molar-refractivity contribution in [2.75, 3.05) is 6.61 Å². The number of benzene rings is 1. The van der Waals surface area contributed by atoms with E-state index in [-0.39, 0.29) is 5.38 Å². The van der Waals surface area contributed by atoms with Crippen LogP contribution in [0.1, 0.15) is 29.2 Å². The summed E-state index contributed by atoms with van der Waals surface area (Å²) in [6.07, 6.45) is 0.991. The lowest BCUT2D eigenvalue weighted by molar-refractivity contribution is 0.317. The molecule has 0 aliphatic rings. The standard InChI is InChI=1S/C14H14Cl2OS/c1-2-7-17-11-5-3-4-10(9-11)13(16)14-12(15)6-8-18-14/h3-6,8-9,13H,2,7H2,1H3. The summed E-state index contributed by atoms with van der Waals surface area (Å²) in [5.41, 5.74) is 1.01. The molecule has 1 atom stereocenters. The predicted molar refractivity (Wildman–Crippen MR) is 79.3 cm³/mol. The molecule has 0 fully saturated rings. The highest BCUT2D eigenvalue weighted by molar-refractivity contribution is 7.11. The summed E-state index contributed by atoms with van der Waals surface area (Å²) >= 11 is 14.1. The van der Waals surface area contributed by atoms with Crippen LogP contribution >= 0.6 is 34.5 Å². The summed E-state index contributed by atoms with van der Waals surface area (Å²) in [7, 11) is 0. The average molecular weight is 301 g/mol. The first-order valence-corrected chi connectivity index (χ1v) is 7.51. The molecule has 0 bridgehead atoms. The van der Waals surface area contributed by atoms with Gasteiger partial charge in [0.15, 0.2) is 0 Å². The molecule has 18 heavy (non-hydrogen) atoms. The molecule has 0 aliphatic heterocycles. The molecule has 0 spiro atoms. The second-order valence-corrected chi connectivity index (χ2v) is 5.71. The molecule has 2 aromatic rings. The van der Waals surface area contributed by atoms with Crippen LogP contribution in [0.3, 0.4) is 0 Å². The second kappa shape index (κ2) is 6.46. The number of thiophene rings is 1. The Morgan fingerprint density at radius 1 is 1.33 bits per heavy atom. The number of rotatable bonds is 5. The van der Waals surface area contributed by atoms with Crippen molar-refractivity contribution in [2.45, 2.75) is 18.7 Å². The van der Waals surface area contributed by atoms with Crippen molar-refractivity contribution in [1.82, 2.24) is 0 Å². The van der Waals surface area contributed by atoms with Gasteiger partial charge in [-0.25, -0.2) is 0 Å². The lowest BCUT2D eigenvalue weighted by atomic mass is 10.1. The lowest BCUT2D eigenvalue weighted by Crippen LogP contribution is -1.97. The van der Waals surface area contributed by atoms with Gasteiger partial charge in [0.25, 0.3) is 0 Å². The first-order valence-electron chi connectivity index (χ1n) is 5.82. The van der Waals surface area contributed by atoms with Crippen LogP contribution in [-0.2, 0) is 0 Å². The Balaban J connectivity index is 2.20. The van der Waals surface area contributed by atoms with Gasteiger partial charge in [0.05, 0.1) is 17.0 Å². The zero-order valence-electron chi connectivity index (χ0n) is 10.0. The number of ether oxygens (including phenoxy) is 1. The van der Waals surface area contributed by atoms with Crippen LogP contribution in [0.2, 0.25) is 5.02 Å². The van der Waals surface area contributed by atoms with Gasteiger partial charge >= 0.3 is 0 Å². The maximum absolute atomic E-state index is 6.45. The smallest absolute Gasteiger partial charge is 0.119 e. The molecule has 96 valence electrons. The van der Waals surface area contributed by atoms with E-state index >= 15 is 0 Å². The molecule has 1 nitrogen and oxygen atoms in total. The van der Waals surface area contributed by atoms with E-state index in [1.54, 1.807) is 11.3 Å². The van der Waals surface area contributed by atoms with E-state index in [1.807, 2.05) is 35.7 Å². The van der Waals surface area contributed by atoms with Gasteiger partial charge in [-0.3, -0.25) is 0 Å². The van der Waals surface area contributed by atoms with Gasteiger partial charge in [-0.2, -0.15) is 0 Å². The van der Waals surface area contributed by atoms with Gasteiger partial charge in [0, 0.05) is 4.88 Å². The van der Waals surface area contributed by atoms with Crippen LogP contribution in [0, 0.1) is 0 Å². The van der Waals surface area contributed by atoms with Crippen LogP contribution in [0.25, 0.3) is 0 Å². The Kier molecular flexibility index (Phi) is 4.93. The third-order valence-corrected chi connectivity index (χ3v) is 4.52. The summed E-state index contributed by atoms with van der Waals surface area (Å²) in [5.74, 6) is 0.854. The Morgan fingerprint density at radius 3 is 2.83 bits per heavy atom. The lowest BCUT2D eigenvalue weighted by Gasteiger charge is -2.11. The first kappa shape index (κ1) is 13.7. The van der Waals surface area contributed by atoms with Crippen LogP contribution in [0.5, 0.6) is 5.75 Å². The van der Waals surface area contributed by atoms with E-state index in [1.165, 1.54) is 0 Å². The molecule has 0 radical (unpaired) electrons. The molecular weight excluding hydrogens is 287 g/mol. The highest BCUT2D eigenvalue weighted by atomic mass is 35.5. The fraction of sp³-hybridized carbons (Fsp3) is 0.286. The Hall–Kier alpha value is -0.700. The third-order valence-electron chi connectivity index (χ3n) is 2.50. The van der Waals surface area contributed by atoms with Crippen molar-refractivity contribution in [3.05, 3.63) is 51.2 Å². The highest BCUT2D eigenvalue weighted by Crippen LogP contribution is 2.38. The van der Waals surface area contributed by atoms with Crippen molar-refractivity contribution in [2.24, 2.45) is 0 Å². The Morgan fingerprint density at radius 2 is 2.17 bits per heavy atom. The van der Waals surface area contributed by atoms with Gasteiger partial charge in [0.2, 0.25) is 0 Å². The van der Waals surface area contributed by atoms with Crippen molar-refractivity contribution in [3.63, 3.8) is 0 Å². The van der Waals surface area contributed by atoms with E-state index in [0.717, 1.165) is 34.2 Å². The molecule has 1 heterocycles. The van der Waals surface area contributed by atoms with Crippen LogP contribution in [0.15, 0.2) is 35.7 Å². The van der Waals surface area contributed by atoms with Crippen molar-refractivity contribution >= 4 is 34.5 Å². The molecule has 0 aliphatic carbocycles. The fourth-order valence-corrected chi connectivity index (χ4v) is 3.25. The minimum absolute atomic E-state index is 0.220. The first-order chi connectivity index (χ1) is 8.72. The molecule has 1 aromatic carbocycles. The number of hydrogen-bond donors (Lipinski definition) is 0. The topological polar surface area (TPSA) is 9.23 Å². The van der Waals surface area contributed by atoms with Gasteiger partial charge in [-0.05, 0) is 35.6 Å². The van der Waals surface area contributed by atoms with E-state index in [9.17, 15) is 0 Å². The molecule has 0 N–H and O–H groups in total. The number of hydrogen-bond acceptors (Lipinski definition) is 2. The van der Waals surface area contributed by atoms with Crippen molar-refractivity contribution < 1.29 is 4.74 Å². The molecule has 0 amide bonds. The number of alkyl halides is 1. The summed E-state index contributed by atoms with van der Waals surface area (Å²) in [4.78, 5) is 0.978. The maximum Gasteiger partial charge on any atom is 0.119 e. The molecule has 2 rings (SSSR count). The average Bonchev–Trinajstić information content (AvgIpc) is 2.82. The van der Waals surface area contributed by atoms with E-state index < -0.39 is 0 Å². The third kappa shape index (κ3) is 3.19. The Labute approximate surface area is 121 Å². The second-order valence-electron chi connectivity index (χ2n) is 3.92. The van der Waals surface area contributed by atoms with Crippen molar-refractivity contribution in [1.29, 1.82) is 0 Å². The quantitative estimate of drug-likeness (QED) is 0.661. The Bertz CT molecular complexity index is 510. The fourth-order valence-electron chi connectivity index (χ4n) is 1.62. The van der Waals surface area contributed by atoms with Gasteiger partial charge in [-0.1, -0.05) is 30.7 Å². The molecular formula is C14H14Cl2OS. The van der Waals surface area contributed by atoms with Gasteiger partial charge in [-0.15, -0.1) is 22.9 Å². The van der Waals surface area contributed by atoms with Crippen LogP contribution < -0.4 is 4.74 Å². The zero-order chi connectivity index (χ0) is 13.0. The molecule has 0 saturated heterocycles. The zero-order valence-corrected chi connectivity index (χ0v) is 12.4. The minimum atomic E-state index is -0.220. The SMILES string of the molecule is CCCOc1cccc(C(Cl)c2sccc2Cl)c1. The largest absolute Gasteiger partial charge is 0.494 e. The normalized spacial score (nSPS) is 12.4. The summed E-state index contributed by atoms with van der Waals surface area (Å²) < 4.78 is 5.61. The molecule has 1 aromatic heterocycles. The van der Waals surface area contributed by atoms with Gasteiger partial charge in [0.1, 0.15) is 5.75 Å². The van der Waals surface area contributed by atoms with E-state index in [2.05, 4.69) is 6.92 Å². The minimum Gasteiger partial charge on any atom is -0.494 e. The van der Waals surface area contributed by atoms with Crippen molar-refractivity contribution in [3.8, 4) is 5.75 Å².